The summed E-state index contributed by atoms with van der Waals surface area (Å²) in [6.07, 6.45) is 5.09. The second-order valence-corrected chi connectivity index (χ2v) is 11.6. The topological polar surface area (TPSA) is 128 Å². The van der Waals surface area contributed by atoms with Crippen LogP contribution in [0.15, 0.2) is 67.1 Å². The Labute approximate surface area is 254 Å². The third-order valence-corrected chi connectivity index (χ3v) is 7.24. The Morgan fingerprint density at radius 1 is 1.02 bits per heavy atom. The predicted octanol–water partition coefficient (Wildman–Crippen LogP) is 6.09. The molecule has 11 heteroatoms. The van der Waals surface area contributed by atoms with Gasteiger partial charge >= 0.3 is 0 Å². The summed E-state index contributed by atoms with van der Waals surface area (Å²) in [5.74, 6) is 1.01. The molecule has 0 aliphatic rings. The van der Waals surface area contributed by atoms with E-state index in [1.807, 2.05) is 55.4 Å². The van der Waals surface area contributed by atoms with E-state index in [9.17, 15) is 9.50 Å². The van der Waals surface area contributed by atoms with Crippen molar-refractivity contribution in [3.63, 3.8) is 0 Å². The van der Waals surface area contributed by atoms with Gasteiger partial charge in [0.25, 0.3) is 0 Å². The van der Waals surface area contributed by atoms with Gasteiger partial charge in [-0.1, -0.05) is 26.0 Å². The number of aromatic nitrogens is 6. The average Bonchev–Trinajstić information content (AvgIpc) is 3.60. The monoisotopic (exact) mass is 594 g/mol. The number of nitrogens with zero attached hydrogens (tertiary/aromatic N) is 5. The predicted molar refractivity (Wildman–Crippen MR) is 171 cm³/mol. The summed E-state index contributed by atoms with van der Waals surface area (Å²) in [5, 5.41) is 21.9. The fourth-order valence-electron chi connectivity index (χ4n) is 5.14. The van der Waals surface area contributed by atoms with Crippen molar-refractivity contribution in [1.29, 1.82) is 0 Å². The van der Waals surface area contributed by atoms with Gasteiger partial charge in [-0.05, 0) is 62.3 Å². The number of para-hydroxylation sites is 1. The van der Waals surface area contributed by atoms with E-state index in [1.54, 1.807) is 18.6 Å². The molecule has 226 valence electrons. The Morgan fingerprint density at radius 3 is 2.70 bits per heavy atom. The number of benzene rings is 2. The third-order valence-electron chi connectivity index (χ3n) is 7.24. The maximum atomic E-state index is 14.7. The summed E-state index contributed by atoms with van der Waals surface area (Å²) < 4.78 is 20.5. The summed E-state index contributed by atoms with van der Waals surface area (Å²) in [7, 11) is 3.92. The first kappa shape index (κ1) is 29.2. The van der Waals surface area contributed by atoms with Crippen LogP contribution in [0.25, 0.3) is 55.8 Å². The van der Waals surface area contributed by atoms with Crippen LogP contribution >= 0.6 is 0 Å². The molecule has 0 fully saturated rings. The molecule has 6 rings (SSSR count). The van der Waals surface area contributed by atoms with E-state index >= 15 is 0 Å². The summed E-state index contributed by atoms with van der Waals surface area (Å²) in [6, 6.07) is 14.3. The number of aromatic amines is 2. The van der Waals surface area contributed by atoms with Gasteiger partial charge in [0, 0.05) is 35.3 Å². The van der Waals surface area contributed by atoms with Gasteiger partial charge in [-0.15, -0.1) is 0 Å². The van der Waals surface area contributed by atoms with Crippen LogP contribution in [0.5, 0.6) is 5.75 Å². The van der Waals surface area contributed by atoms with Crippen LogP contribution in [-0.4, -0.2) is 73.6 Å². The standard InChI is InChI=1S/C33H35FN8O2/c1-19(2)10-30(43)37-23-12-21(16-35-17-23)28-15-26-29(18-36-28)40-41-32(26)33-38-27-7-5-6-25(31(27)39-33)20-11-22(34)14-24(13-20)44-9-8-42(3)4/h5-7,11-19,30,37,43H,8-10H2,1-4H3,(H,38,39)(H,40,41). The molecule has 2 aromatic carbocycles. The van der Waals surface area contributed by atoms with Crippen LogP contribution < -0.4 is 10.1 Å². The summed E-state index contributed by atoms with van der Waals surface area (Å²) in [4.78, 5) is 19.3. The minimum Gasteiger partial charge on any atom is -0.492 e. The number of ether oxygens (including phenoxy) is 1. The number of pyridine rings is 2. The number of H-pyrrole nitrogens is 2. The van der Waals surface area contributed by atoms with Crippen LogP contribution in [0, 0.1) is 11.7 Å². The number of aliphatic hydroxyl groups excluding tert-OH is 1. The van der Waals surface area contributed by atoms with Crippen LogP contribution in [0.1, 0.15) is 20.3 Å². The molecule has 0 aliphatic carbocycles. The molecule has 10 nitrogen and oxygen atoms in total. The largest absolute Gasteiger partial charge is 0.492 e. The molecule has 44 heavy (non-hydrogen) atoms. The molecule has 4 N–H and O–H groups in total. The lowest BCUT2D eigenvalue weighted by Crippen LogP contribution is -2.20. The number of hydrogen-bond donors (Lipinski definition) is 4. The SMILES string of the molecule is CC(C)CC(O)Nc1cncc(-c2cc3c(-c4nc5c(-c6cc(F)cc(OCCN(C)C)c6)cccc5[nH]4)n[nH]c3cn2)c1. The summed E-state index contributed by atoms with van der Waals surface area (Å²) in [5.41, 5.74) is 6.53. The maximum absolute atomic E-state index is 14.7. The van der Waals surface area contributed by atoms with Crippen LogP contribution in [0.3, 0.4) is 0 Å². The molecule has 0 amide bonds. The van der Waals surface area contributed by atoms with Crippen molar-refractivity contribution in [2.45, 2.75) is 26.5 Å². The Morgan fingerprint density at radius 2 is 1.89 bits per heavy atom. The van der Waals surface area contributed by atoms with Crippen molar-refractivity contribution in [2.24, 2.45) is 5.92 Å². The number of rotatable bonds is 11. The van der Waals surface area contributed by atoms with Gasteiger partial charge in [-0.25, -0.2) is 9.37 Å². The molecule has 0 spiro atoms. The fraction of sp³-hybridized carbons (Fsp3) is 0.273. The number of nitrogens with one attached hydrogen (secondary N) is 3. The van der Waals surface area contributed by atoms with Gasteiger partial charge in [0.05, 0.1) is 40.3 Å². The highest BCUT2D eigenvalue weighted by Crippen LogP contribution is 2.34. The zero-order chi connectivity index (χ0) is 30.8. The normalized spacial score (nSPS) is 12.5. The lowest BCUT2D eigenvalue weighted by molar-refractivity contribution is 0.176. The molecular weight excluding hydrogens is 559 g/mol. The maximum Gasteiger partial charge on any atom is 0.159 e. The first-order valence-corrected chi connectivity index (χ1v) is 14.5. The van der Waals surface area contributed by atoms with Crippen molar-refractivity contribution in [1.82, 2.24) is 35.0 Å². The van der Waals surface area contributed by atoms with Crippen molar-refractivity contribution >= 4 is 27.6 Å². The minimum absolute atomic E-state index is 0.352. The van der Waals surface area contributed by atoms with E-state index in [0.29, 0.717) is 58.7 Å². The molecule has 1 atom stereocenters. The number of anilines is 1. The molecule has 0 saturated carbocycles. The number of hydrogen-bond acceptors (Lipinski definition) is 8. The summed E-state index contributed by atoms with van der Waals surface area (Å²) in [6.45, 7) is 5.29. The highest BCUT2D eigenvalue weighted by atomic mass is 19.1. The quantitative estimate of drug-likeness (QED) is 0.133. The van der Waals surface area contributed by atoms with Crippen LogP contribution in [0.4, 0.5) is 10.1 Å². The molecule has 0 aliphatic heterocycles. The number of imidazole rings is 1. The van der Waals surface area contributed by atoms with Crippen LogP contribution in [0.2, 0.25) is 0 Å². The van der Waals surface area contributed by atoms with E-state index in [2.05, 4.69) is 44.3 Å². The first-order valence-electron chi connectivity index (χ1n) is 14.5. The molecule has 4 heterocycles. The molecule has 1 unspecified atom stereocenters. The van der Waals surface area contributed by atoms with Gasteiger partial charge in [-0.2, -0.15) is 5.10 Å². The van der Waals surface area contributed by atoms with E-state index in [-0.39, 0.29) is 5.82 Å². The van der Waals surface area contributed by atoms with E-state index in [0.717, 1.165) is 34.1 Å². The lowest BCUT2D eigenvalue weighted by atomic mass is 10.0. The number of likely N-dealkylation sites (N-methyl/N-ethyl adjacent to an activating group) is 1. The first-order chi connectivity index (χ1) is 21.2. The Balaban J connectivity index is 1.33. The minimum atomic E-state index is -0.671. The van der Waals surface area contributed by atoms with Gasteiger partial charge < -0.3 is 25.0 Å². The molecule has 6 aromatic rings. The second kappa shape index (κ2) is 12.4. The van der Waals surface area contributed by atoms with E-state index in [4.69, 9.17) is 9.72 Å². The Hall–Kier alpha value is -4.87. The zero-order valence-electron chi connectivity index (χ0n) is 25.1. The zero-order valence-corrected chi connectivity index (χ0v) is 25.1. The van der Waals surface area contributed by atoms with Gasteiger partial charge in [0.1, 0.15) is 30.1 Å². The number of aliphatic hydroxyl groups is 1. The molecule has 0 bridgehead atoms. The molecule has 4 aromatic heterocycles. The molecular formula is C33H35FN8O2. The van der Waals surface area contributed by atoms with E-state index in [1.165, 1.54) is 12.1 Å². The van der Waals surface area contributed by atoms with Crippen molar-refractivity contribution < 1.29 is 14.2 Å². The Kier molecular flexibility index (Phi) is 8.23. The van der Waals surface area contributed by atoms with Crippen LogP contribution in [-0.2, 0) is 0 Å². The third kappa shape index (κ3) is 6.38. The highest BCUT2D eigenvalue weighted by Gasteiger charge is 2.17. The second-order valence-electron chi connectivity index (χ2n) is 11.6. The lowest BCUT2D eigenvalue weighted by Gasteiger charge is -2.16. The van der Waals surface area contributed by atoms with Gasteiger partial charge in [0.2, 0.25) is 0 Å². The Bertz CT molecular complexity index is 1920. The van der Waals surface area contributed by atoms with E-state index < -0.39 is 6.23 Å². The highest BCUT2D eigenvalue weighted by molar-refractivity contribution is 5.98. The average molecular weight is 595 g/mol. The van der Waals surface area contributed by atoms with Gasteiger partial charge in [0.15, 0.2) is 5.82 Å². The fourth-order valence-corrected chi connectivity index (χ4v) is 5.14. The van der Waals surface area contributed by atoms with Crippen molar-refractivity contribution in [2.75, 3.05) is 32.6 Å². The smallest absolute Gasteiger partial charge is 0.159 e. The summed E-state index contributed by atoms with van der Waals surface area (Å²) >= 11 is 0. The van der Waals surface area contributed by atoms with Crippen molar-refractivity contribution in [3.05, 3.63) is 72.9 Å². The van der Waals surface area contributed by atoms with Crippen molar-refractivity contribution in [3.8, 4) is 39.7 Å². The van der Waals surface area contributed by atoms with Gasteiger partial charge in [-0.3, -0.25) is 15.1 Å². The number of fused-ring (bicyclic) bond motifs is 2. The molecule has 0 saturated heterocycles. The number of halogens is 1. The molecule has 0 radical (unpaired) electrons.